The van der Waals surface area contributed by atoms with Gasteiger partial charge in [-0.15, -0.1) is 0 Å². The number of hydrogen-bond acceptors (Lipinski definition) is 4. The maximum atomic E-state index is 13.3. The summed E-state index contributed by atoms with van der Waals surface area (Å²) in [5.41, 5.74) is 2.51. The topological polar surface area (TPSA) is 86.9 Å². The van der Waals surface area contributed by atoms with Crippen LogP contribution >= 0.6 is 0 Å². The van der Waals surface area contributed by atoms with Crippen molar-refractivity contribution in [2.75, 3.05) is 19.6 Å². The quantitative estimate of drug-likeness (QED) is 0.615. The summed E-state index contributed by atoms with van der Waals surface area (Å²) in [5.74, 6) is -0.419. The number of alkyl halides is 3. The molecule has 0 aromatic heterocycles. The van der Waals surface area contributed by atoms with Gasteiger partial charge in [-0.3, -0.25) is 9.59 Å². The maximum Gasteiger partial charge on any atom is 0.421 e. The van der Waals surface area contributed by atoms with Crippen LogP contribution in [0.1, 0.15) is 67.8 Å². The number of carbonyl (C=O) groups excluding carboxylic acids is 2. The molecule has 1 aliphatic heterocycles. The Labute approximate surface area is 191 Å². The molecule has 1 aromatic rings. The third-order valence-corrected chi connectivity index (χ3v) is 7.44. The monoisotopic (exact) mass is 467 g/mol. The van der Waals surface area contributed by atoms with Gasteiger partial charge in [0.05, 0.1) is 0 Å². The fraction of sp³-hybridized carbons (Fsp3) is 0.667. The summed E-state index contributed by atoms with van der Waals surface area (Å²) in [6.45, 7) is 3.26. The van der Waals surface area contributed by atoms with E-state index in [2.05, 4.69) is 4.90 Å². The van der Waals surface area contributed by atoms with Crippen molar-refractivity contribution in [3.63, 3.8) is 0 Å². The first-order valence-corrected chi connectivity index (χ1v) is 11.6. The first-order chi connectivity index (χ1) is 15.4. The maximum absolute atomic E-state index is 13.3. The summed E-state index contributed by atoms with van der Waals surface area (Å²) in [6.07, 6.45) is 1.22. The number of primary amides is 1. The van der Waals surface area contributed by atoms with Gasteiger partial charge in [0, 0.05) is 43.7 Å². The van der Waals surface area contributed by atoms with E-state index in [1.165, 1.54) is 24.3 Å². The van der Waals surface area contributed by atoms with E-state index in [9.17, 15) is 27.9 Å². The Bertz CT molecular complexity index is 884. The molecule has 1 aromatic carbocycles. The lowest BCUT2D eigenvalue weighted by atomic mass is 9.94. The molecule has 4 rings (SSSR count). The van der Waals surface area contributed by atoms with Crippen LogP contribution in [0.3, 0.4) is 0 Å². The molecule has 0 spiro atoms. The van der Waals surface area contributed by atoms with Gasteiger partial charge in [-0.25, -0.2) is 0 Å². The molecule has 0 bridgehead atoms. The van der Waals surface area contributed by atoms with Crippen molar-refractivity contribution in [3.05, 3.63) is 35.4 Å². The number of amides is 2. The average molecular weight is 468 g/mol. The smallest absolute Gasteiger partial charge is 0.376 e. The van der Waals surface area contributed by atoms with Gasteiger partial charge < -0.3 is 20.6 Å². The highest BCUT2D eigenvalue weighted by molar-refractivity contribution is 5.95. The van der Waals surface area contributed by atoms with Crippen molar-refractivity contribution in [2.24, 2.45) is 11.1 Å². The predicted octanol–water partition coefficient (Wildman–Crippen LogP) is 3.18. The molecule has 1 atom stereocenters. The molecule has 0 radical (unpaired) electrons. The van der Waals surface area contributed by atoms with Gasteiger partial charge in [0.2, 0.25) is 5.91 Å². The van der Waals surface area contributed by atoms with Crippen molar-refractivity contribution in [1.29, 1.82) is 0 Å². The molecule has 6 nitrogen and oxygen atoms in total. The van der Waals surface area contributed by atoms with Crippen LogP contribution < -0.4 is 5.73 Å². The molecular weight excluding hydrogens is 435 g/mol. The predicted molar refractivity (Wildman–Crippen MR) is 116 cm³/mol. The molecule has 3 aliphatic rings. The number of benzene rings is 1. The van der Waals surface area contributed by atoms with E-state index in [0.29, 0.717) is 18.9 Å². The van der Waals surface area contributed by atoms with Crippen LogP contribution in [0.5, 0.6) is 0 Å². The second kappa shape index (κ2) is 8.58. The fourth-order valence-electron chi connectivity index (χ4n) is 5.00. The molecule has 182 valence electrons. The highest BCUT2D eigenvalue weighted by Crippen LogP contribution is 2.49. The Morgan fingerprint density at radius 2 is 1.64 bits per heavy atom. The number of rotatable bonds is 8. The van der Waals surface area contributed by atoms with E-state index >= 15 is 0 Å². The van der Waals surface area contributed by atoms with Gasteiger partial charge in [0.25, 0.3) is 5.91 Å². The van der Waals surface area contributed by atoms with E-state index in [0.717, 1.165) is 58.2 Å². The van der Waals surface area contributed by atoms with Crippen molar-refractivity contribution in [2.45, 2.75) is 75.7 Å². The summed E-state index contributed by atoms with van der Waals surface area (Å²) in [4.78, 5) is 28.9. The lowest BCUT2D eigenvalue weighted by molar-refractivity contribution is -0.258. The zero-order chi connectivity index (χ0) is 24.0. The lowest BCUT2D eigenvalue weighted by Gasteiger charge is -2.40. The molecular formula is C24H32F3N3O3. The van der Waals surface area contributed by atoms with Gasteiger partial charge in [-0.2, -0.15) is 13.2 Å². The van der Waals surface area contributed by atoms with Gasteiger partial charge in [-0.05, 0) is 68.6 Å². The first kappa shape index (κ1) is 24.0. The standard InChI is InChI=1S/C24H32F3N3O3/c1-22(33,24(25,26)27)17-4-2-16(3-5-17)21(32)30(18-6-7-18)19-8-12-29(13-9-19)15-23(10-11-23)14-20(28)31/h2-5,18-19,33H,6-15H2,1H3,(H2,28,31). The molecule has 3 fully saturated rings. The Morgan fingerprint density at radius 3 is 2.09 bits per heavy atom. The molecule has 1 unspecified atom stereocenters. The zero-order valence-corrected chi connectivity index (χ0v) is 18.9. The molecule has 3 N–H and O–H groups in total. The highest BCUT2D eigenvalue weighted by Gasteiger charge is 2.51. The van der Waals surface area contributed by atoms with Crippen molar-refractivity contribution in [1.82, 2.24) is 9.80 Å². The van der Waals surface area contributed by atoms with Crippen molar-refractivity contribution in [3.8, 4) is 0 Å². The Hall–Kier alpha value is -2.13. The van der Waals surface area contributed by atoms with Crippen LogP contribution in [0.4, 0.5) is 13.2 Å². The Morgan fingerprint density at radius 1 is 1.09 bits per heavy atom. The molecule has 2 aliphatic carbocycles. The number of hydrogen-bond donors (Lipinski definition) is 2. The van der Waals surface area contributed by atoms with Crippen molar-refractivity contribution < 1.29 is 27.9 Å². The van der Waals surface area contributed by atoms with Gasteiger partial charge in [-0.1, -0.05) is 12.1 Å². The third kappa shape index (κ3) is 5.19. The second-order valence-electron chi connectivity index (χ2n) is 10.2. The molecule has 2 amide bonds. The summed E-state index contributed by atoms with van der Waals surface area (Å²) in [6, 6.07) is 5.39. The largest absolute Gasteiger partial charge is 0.421 e. The number of aliphatic hydroxyl groups is 1. The SMILES string of the molecule is CC(O)(c1ccc(C(=O)N(C2CC2)C2CCN(CC3(CC(N)=O)CC3)CC2)cc1)C(F)(F)F. The van der Waals surface area contributed by atoms with Gasteiger partial charge in [0.15, 0.2) is 5.60 Å². The van der Waals surface area contributed by atoms with Crippen LogP contribution in [-0.2, 0) is 10.4 Å². The molecule has 9 heteroatoms. The minimum atomic E-state index is -4.80. The molecule has 1 heterocycles. The first-order valence-electron chi connectivity index (χ1n) is 11.6. The minimum absolute atomic E-state index is 0.0318. The minimum Gasteiger partial charge on any atom is -0.376 e. The zero-order valence-electron chi connectivity index (χ0n) is 18.9. The summed E-state index contributed by atoms with van der Waals surface area (Å²) >= 11 is 0. The average Bonchev–Trinajstić information content (AvgIpc) is 3.66. The number of piperidine rings is 1. The number of nitrogens with two attached hydrogens (primary N) is 1. The third-order valence-electron chi connectivity index (χ3n) is 7.44. The number of nitrogens with zero attached hydrogens (tertiary/aromatic N) is 2. The van der Waals surface area contributed by atoms with E-state index in [1.807, 2.05) is 4.90 Å². The van der Waals surface area contributed by atoms with Crippen LogP contribution in [0.25, 0.3) is 0 Å². The highest BCUT2D eigenvalue weighted by atomic mass is 19.4. The van der Waals surface area contributed by atoms with Crippen molar-refractivity contribution >= 4 is 11.8 Å². The Balaban J connectivity index is 1.39. The van der Waals surface area contributed by atoms with E-state index in [4.69, 9.17) is 5.73 Å². The molecule has 2 saturated carbocycles. The lowest BCUT2D eigenvalue weighted by Crippen LogP contribution is -2.49. The second-order valence-corrected chi connectivity index (χ2v) is 10.2. The molecule has 1 saturated heterocycles. The van der Waals surface area contributed by atoms with Crippen LogP contribution in [0.15, 0.2) is 24.3 Å². The van der Waals surface area contributed by atoms with Crippen LogP contribution in [-0.4, -0.2) is 64.6 Å². The van der Waals surface area contributed by atoms with E-state index in [-0.39, 0.29) is 34.9 Å². The van der Waals surface area contributed by atoms with Crippen LogP contribution in [0, 0.1) is 5.41 Å². The summed E-state index contributed by atoms with van der Waals surface area (Å²) < 4.78 is 39.3. The Kier molecular flexibility index (Phi) is 6.24. The molecule has 33 heavy (non-hydrogen) atoms. The van der Waals surface area contributed by atoms with Gasteiger partial charge in [0.1, 0.15) is 0 Å². The number of likely N-dealkylation sites (tertiary alicyclic amines) is 1. The van der Waals surface area contributed by atoms with E-state index in [1.54, 1.807) is 0 Å². The summed E-state index contributed by atoms with van der Waals surface area (Å²) in [5, 5.41) is 9.87. The normalized spacial score (nSPS) is 23.1. The number of halogens is 3. The summed E-state index contributed by atoms with van der Waals surface area (Å²) in [7, 11) is 0. The fourth-order valence-corrected chi connectivity index (χ4v) is 5.00. The van der Waals surface area contributed by atoms with Gasteiger partial charge >= 0.3 is 6.18 Å². The van der Waals surface area contributed by atoms with Crippen LogP contribution in [0.2, 0.25) is 0 Å². The van der Waals surface area contributed by atoms with E-state index < -0.39 is 11.8 Å². The number of carbonyl (C=O) groups is 2.